The molecule has 0 spiro atoms. The summed E-state index contributed by atoms with van der Waals surface area (Å²) in [7, 11) is 0. The van der Waals surface area contributed by atoms with Gasteiger partial charge >= 0.3 is 0 Å². The average molecular weight is 337 g/mol. The summed E-state index contributed by atoms with van der Waals surface area (Å²) in [5, 5.41) is 0. The fraction of sp³-hybridized carbons (Fsp3) is 0.316. The van der Waals surface area contributed by atoms with E-state index in [2.05, 4.69) is 30.5 Å². The monoisotopic (exact) mass is 337 g/mol. The number of aromatic nitrogens is 4. The van der Waals surface area contributed by atoms with Gasteiger partial charge in [-0.25, -0.2) is 9.37 Å². The van der Waals surface area contributed by atoms with Crippen molar-refractivity contribution in [3.8, 4) is 0 Å². The van der Waals surface area contributed by atoms with Crippen LogP contribution in [0.2, 0.25) is 0 Å². The molecule has 1 aliphatic heterocycles. The van der Waals surface area contributed by atoms with Gasteiger partial charge in [-0.05, 0) is 30.5 Å². The minimum atomic E-state index is -0.251. The molecule has 1 fully saturated rings. The van der Waals surface area contributed by atoms with Gasteiger partial charge in [-0.3, -0.25) is 9.97 Å². The van der Waals surface area contributed by atoms with Crippen LogP contribution in [-0.2, 0) is 6.54 Å². The topological polar surface area (TPSA) is 46.8 Å². The summed E-state index contributed by atoms with van der Waals surface area (Å²) in [5.74, 6) is 1.26. The Labute approximate surface area is 146 Å². The molecule has 5 nitrogen and oxygen atoms in total. The molecule has 0 atom stereocenters. The van der Waals surface area contributed by atoms with Gasteiger partial charge in [-0.1, -0.05) is 6.07 Å². The van der Waals surface area contributed by atoms with Crippen LogP contribution in [0.3, 0.4) is 0 Å². The Kier molecular flexibility index (Phi) is 4.41. The lowest BCUT2D eigenvalue weighted by Crippen LogP contribution is -2.34. The molecule has 0 unspecified atom stereocenters. The SMILES string of the molecule is Fc1cnccc1N1CCC(c2nccn2Cc2cccnc2)CC1. The number of pyridine rings is 2. The quantitative estimate of drug-likeness (QED) is 0.733. The average Bonchev–Trinajstić information content (AvgIpc) is 3.11. The zero-order valence-corrected chi connectivity index (χ0v) is 13.9. The zero-order valence-electron chi connectivity index (χ0n) is 13.9. The van der Waals surface area contributed by atoms with Gasteiger partial charge in [0.2, 0.25) is 0 Å². The van der Waals surface area contributed by atoms with Gasteiger partial charge in [0.05, 0.1) is 18.4 Å². The molecular weight excluding hydrogens is 317 g/mol. The van der Waals surface area contributed by atoms with Crippen molar-refractivity contribution in [3.05, 3.63) is 72.6 Å². The lowest BCUT2D eigenvalue weighted by Gasteiger charge is -2.33. The fourth-order valence-electron chi connectivity index (χ4n) is 3.51. The third-order valence-corrected chi connectivity index (χ3v) is 4.78. The van der Waals surface area contributed by atoms with Crippen molar-refractivity contribution >= 4 is 5.69 Å². The van der Waals surface area contributed by atoms with Crippen LogP contribution in [0.5, 0.6) is 0 Å². The first-order valence-corrected chi connectivity index (χ1v) is 8.55. The number of piperidine rings is 1. The largest absolute Gasteiger partial charge is 0.369 e. The Morgan fingerprint density at radius 1 is 1.04 bits per heavy atom. The van der Waals surface area contributed by atoms with Crippen LogP contribution in [-0.4, -0.2) is 32.6 Å². The highest BCUT2D eigenvalue weighted by molar-refractivity contribution is 5.46. The molecule has 0 amide bonds. The number of rotatable bonds is 4. The first-order chi connectivity index (χ1) is 12.3. The molecular formula is C19H20FN5. The highest BCUT2D eigenvalue weighted by atomic mass is 19.1. The number of hydrogen-bond acceptors (Lipinski definition) is 4. The van der Waals surface area contributed by atoms with Crippen LogP contribution in [0.1, 0.15) is 30.1 Å². The second kappa shape index (κ2) is 7.01. The molecule has 128 valence electrons. The highest BCUT2D eigenvalue weighted by Crippen LogP contribution is 2.30. The molecule has 4 heterocycles. The van der Waals surface area contributed by atoms with E-state index in [-0.39, 0.29) is 5.82 Å². The standard InChI is InChI=1S/C19H20FN5/c20-17-13-22-7-3-18(17)24-9-4-16(5-10-24)19-23-8-11-25(19)14-15-2-1-6-21-12-15/h1-3,6-8,11-13,16H,4-5,9-10,14H2. The Hall–Kier alpha value is -2.76. The van der Waals surface area contributed by atoms with Crippen molar-refractivity contribution in [2.45, 2.75) is 25.3 Å². The molecule has 6 heteroatoms. The summed E-state index contributed by atoms with van der Waals surface area (Å²) in [4.78, 5) is 14.7. The van der Waals surface area contributed by atoms with E-state index < -0.39 is 0 Å². The van der Waals surface area contributed by atoms with E-state index >= 15 is 0 Å². The molecule has 0 radical (unpaired) electrons. The van der Waals surface area contributed by atoms with Crippen LogP contribution >= 0.6 is 0 Å². The van der Waals surface area contributed by atoms with Crippen molar-refractivity contribution in [1.29, 1.82) is 0 Å². The Balaban J connectivity index is 1.45. The number of nitrogens with zero attached hydrogens (tertiary/aromatic N) is 5. The van der Waals surface area contributed by atoms with Crippen LogP contribution < -0.4 is 4.90 Å². The predicted octanol–water partition coefficient (Wildman–Crippen LogP) is 3.24. The summed E-state index contributed by atoms with van der Waals surface area (Å²) >= 11 is 0. The molecule has 1 aliphatic rings. The first kappa shape index (κ1) is 15.7. The smallest absolute Gasteiger partial charge is 0.164 e. The molecule has 3 aromatic heterocycles. The van der Waals surface area contributed by atoms with Gasteiger partial charge in [0.15, 0.2) is 5.82 Å². The molecule has 0 N–H and O–H groups in total. The number of halogens is 1. The van der Waals surface area contributed by atoms with Gasteiger partial charge < -0.3 is 9.47 Å². The maximum absolute atomic E-state index is 13.9. The summed E-state index contributed by atoms with van der Waals surface area (Å²) < 4.78 is 16.1. The van der Waals surface area contributed by atoms with Crippen molar-refractivity contribution < 1.29 is 4.39 Å². The Morgan fingerprint density at radius 2 is 1.88 bits per heavy atom. The lowest BCUT2D eigenvalue weighted by molar-refractivity contribution is 0.465. The number of hydrogen-bond donors (Lipinski definition) is 0. The highest BCUT2D eigenvalue weighted by Gasteiger charge is 2.25. The van der Waals surface area contributed by atoms with E-state index in [1.165, 1.54) is 6.20 Å². The molecule has 4 rings (SSSR count). The van der Waals surface area contributed by atoms with E-state index in [1.54, 1.807) is 18.5 Å². The Morgan fingerprint density at radius 3 is 2.64 bits per heavy atom. The van der Waals surface area contributed by atoms with E-state index in [1.807, 2.05) is 24.7 Å². The zero-order chi connectivity index (χ0) is 17.1. The third kappa shape index (κ3) is 3.38. The van der Waals surface area contributed by atoms with Crippen LogP contribution in [0.15, 0.2) is 55.4 Å². The predicted molar refractivity (Wildman–Crippen MR) is 93.9 cm³/mol. The van der Waals surface area contributed by atoms with Crippen molar-refractivity contribution in [1.82, 2.24) is 19.5 Å². The van der Waals surface area contributed by atoms with Gasteiger partial charge in [-0.15, -0.1) is 0 Å². The van der Waals surface area contributed by atoms with Crippen LogP contribution in [0.25, 0.3) is 0 Å². The minimum absolute atomic E-state index is 0.251. The van der Waals surface area contributed by atoms with E-state index in [0.717, 1.165) is 43.9 Å². The molecule has 25 heavy (non-hydrogen) atoms. The molecule has 0 aliphatic carbocycles. The molecule has 3 aromatic rings. The van der Waals surface area contributed by atoms with Gasteiger partial charge in [0, 0.05) is 50.0 Å². The molecule has 0 bridgehead atoms. The second-order valence-electron chi connectivity index (χ2n) is 6.36. The number of anilines is 1. The summed E-state index contributed by atoms with van der Waals surface area (Å²) in [6.45, 7) is 2.43. The molecule has 0 saturated carbocycles. The lowest BCUT2D eigenvalue weighted by atomic mass is 9.95. The maximum atomic E-state index is 13.9. The maximum Gasteiger partial charge on any atom is 0.164 e. The Bertz CT molecular complexity index is 825. The normalized spacial score (nSPS) is 15.5. The van der Waals surface area contributed by atoms with Crippen LogP contribution in [0, 0.1) is 5.82 Å². The molecule has 0 aromatic carbocycles. The summed E-state index contributed by atoms with van der Waals surface area (Å²) in [5.41, 5.74) is 1.81. The van der Waals surface area contributed by atoms with E-state index in [9.17, 15) is 4.39 Å². The summed E-state index contributed by atoms with van der Waals surface area (Å²) in [6.07, 6.45) is 12.4. The van der Waals surface area contributed by atoms with Gasteiger partial charge in [0.1, 0.15) is 5.82 Å². The van der Waals surface area contributed by atoms with Crippen molar-refractivity contribution in [2.75, 3.05) is 18.0 Å². The second-order valence-corrected chi connectivity index (χ2v) is 6.36. The van der Waals surface area contributed by atoms with Crippen molar-refractivity contribution in [3.63, 3.8) is 0 Å². The number of imidazole rings is 1. The third-order valence-electron chi connectivity index (χ3n) is 4.78. The van der Waals surface area contributed by atoms with E-state index in [0.29, 0.717) is 11.6 Å². The van der Waals surface area contributed by atoms with Gasteiger partial charge in [0.25, 0.3) is 0 Å². The van der Waals surface area contributed by atoms with Crippen LogP contribution in [0.4, 0.5) is 10.1 Å². The minimum Gasteiger partial charge on any atom is -0.369 e. The van der Waals surface area contributed by atoms with Gasteiger partial charge in [-0.2, -0.15) is 0 Å². The molecule has 1 saturated heterocycles. The first-order valence-electron chi connectivity index (χ1n) is 8.55. The van der Waals surface area contributed by atoms with Crippen molar-refractivity contribution in [2.24, 2.45) is 0 Å². The summed E-state index contributed by atoms with van der Waals surface area (Å²) in [6, 6.07) is 5.78. The van der Waals surface area contributed by atoms with E-state index in [4.69, 9.17) is 0 Å². The fourth-order valence-corrected chi connectivity index (χ4v) is 3.51.